The number of hydrogen-bond acceptors (Lipinski definition) is 6. The van der Waals surface area contributed by atoms with Crippen LogP contribution in [0.25, 0.3) is 0 Å². The average Bonchev–Trinajstić information content (AvgIpc) is 2.92. The lowest BCUT2D eigenvalue weighted by molar-refractivity contribution is -0.131. The number of likely N-dealkylation sites (tertiary alicyclic amines) is 1. The molecule has 1 aromatic heterocycles. The lowest BCUT2D eigenvalue weighted by Crippen LogP contribution is -2.41. The summed E-state index contributed by atoms with van der Waals surface area (Å²) in [6.07, 6.45) is 2.23. The van der Waals surface area contributed by atoms with Crippen LogP contribution in [0.4, 0.5) is 5.13 Å². The van der Waals surface area contributed by atoms with Gasteiger partial charge >= 0.3 is 0 Å². The normalized spacial score (nSPS) is 17.8. The zero-order valence-corrected chi connectivity index (χ0v) is 15.5. The maximum Gasteiger partial charge on any atom is 0.235 e. The Morgan fingerprint density at radius 1 is 1.36 bits per heavy atom. The molecule has 1 saturated heterocycles. The molecule has 1 aliphatic rings. The van der Waals surface area contributed by atoms with Crippen LogP contribution in [0.5, 0.6) is 0 Å². The van der Waals surface area contributed by atoms with Crippen LogP contribution in [0.3, 0.4) is 0 Å². The molecule has 2 heterocycles. The van der Waals surface area contributed by atoms with Crippen LogP contribution in [-0.2, 0) is 4.79 Å². The summed E-state index contributed by atoms with van der Waals surface area (Å²) in [7, 11) is 0. The predicted octanol–water partition coefficient (Wildman–Crippen LogP) is 3.35. The molecule has 1 fully saturated rings. The highest BCUT2D eigenvalue weighted by molar-refractivity contribution is 8.02. The number of amides is 1. The molecule has 1 aromatic rings. The molecule has 5 nitrogen and oxygen atoms in total. The van der Waals surface area contributed by atoms with Gasteiger partial charge in [0.05, 0.1) is 5.25 Å². The summed E-state index contributed by atoms with van der Waals surface area (Å²) in [5.74, 6) is 1.54. The SMILES string of the molecule is CC(C)CNc1nnc(SC(C)C(=O)N2CCC(C)CC2)s1. The minimum absolute atomic E-state index is 0.0979. The van der Waals surface area contributed by atoms with E-state index >= 15 is 0 Å². The topological polar surface area (TPSA) is 58.1 Å². The molecule has 1 amide bonds. The molecule has 2 rings (SSSR count). The number of nitrogens with zero attached hydrogens (tertiary/aromatic N) is 3. The molecule has 7 heteroatoms. The Hall–Kier alpha value is -0.820. The molecule has 22 heavy (non-hydrogen) atoms. The Balaban J connectivity index is 1.83. The van der Waals surface area contributed by atoms with Gasteiger partial charge in [0.25, 0.3) is 0 Å². The van der Waals surface area contributed by atoms with E-state index in [9.17, 15) is 4.79 Å². The van der Waals surface area contributed by atoms with E-state index in [0.29, 0.717) is 5.92 Å². The van der Waals surface area contributed by atoms with Gasteiger partial charge in [-0.3, -0.25) is 4.79 Å². The van der Waals surface area contributed by atoms with Crippen LogP contribution in [0.15, 0.2) is 4.34 Å². The van der Waals surface area contributed by atoms with E-state index in [1.54, 1.807) is 0 Å². The zero-order valence-electron chi connectivity index (χ0n) is 13.8. The minimum Gasteiger partial charge on any atom is -0.360 e. The highest BCUT2D eigenvalue weighted by Crippen LogP contribution is 2.30. The standard InChI is InChI=1S/C15H26N4OS2/c1-10(2)9-16-14-17-18-15(22-14)21-12(4)13(20)19-7-5-11(3)6-8-19/h10-12H,5-9H2,1-4H3,(H,16,17). The van der Waals surface area contributed by atoms with Crippen molar-refractivity contribution in [3.05, 3.63) is 0 Å². The second-order valence-corrected chi connectivity index (χ2v) is 8.98. The first-order valence-corrected chi connectivity index (χ1v) is 9.68. The van der Waals surface area contributed by atoms with Gasteiger partial charge in [-0.05, 0) is 31.6 Å². The largest absolute Gasteiger partial charge is 0.360 e. The predicted molar refractivity (Wildman–Crippen MR) is 93.5 cm³/mol. The van der Waals surface area contributed by atoms with Crippen molar-refractivity contribution < 1.29 is 4.79 Å². The van der Waals surface area contributed by atoms with Crippen molar-refractivity contribution in [2.75, 3.05) is 25.0 Å². The highest BCUT2D eigenvalue weighted by Gasteiger charge is 2.25. The van der Waals surface area contributed by atoms with Crippen LogP contribution >= 0.6 is 23.1 Å². The van der Waals surface area contributed by atoms with Gasteiger partial charge in [-0.25, -0.2) is 0 Å². The van der Waals surface area contributed by atoms with E-state index in [4.69, 9.17) is 0 Å². The summed E-state index contributed by atoms with van der Waals surface area (Å²) in [6, 6.07) is 0. The third kappa shape index (κ3) is 5.12. The summed E-state index contributed by atoms with van der Waals surface area (Å²) in [4.78, 5) is 14.5. The molecule has 1 N–H and O–H groups in total. The van der Waals surface area contributed by atoms with Crippen LogP contribution < -0.4 is 5.32 Å². The fraction of sp³-hybridized carbons (Fsp3) is 0.800. The first-order chi connectivity index (χ1) is 10.5. The van der Waals surface area contributed by atoms with E-state index in [1.165, 1.54) is 23.1 Å². The fourth-order valence-electron chi connectivity index (χ4n) is 2.31. The number of nitrogens with one attached hydrogen (secondary N) is 1. The molecule has 0 saturated carbocycles. The van der Waals surface area contributed by atoms with Gasteiger partial charge in [-0.1, -0.05) is 43.9 Å². The Labute approximate surface area is 141 Å². The molecule has 0 aromatic carbocycles. The number of hydrogen-bond donors (Lipinski definition) is 1. The third-order valence-electron chi connectivity index (χ3n) is 3.79. The first kappa shape index (κ1) is 17.5. The Morgan fingerprint density at radius 2 is 2.05 bits per heavy atom. The number of rotatable bonds is 6. The number of anilines is 1. The van der Waals surface area contributed by atoms with Crippen LogP contribution in [0.2, 0.25) is 0 Å². The van der Waals surface area contributed by atoms with Crippen molar-refractivity contribution in [2.24, 2.45) is 11.8 Å². The van der Waals surface area contributed by atoms with E-state index in [-0.39, 0.29) is 11.2 Å². The minimum atomic E-state index is -0.0979. The Kier molecular flexibility index (Phi) is 6.50. The van der Waals surface area contributed by atoms with Crippen molar-refractivity contribution in [3.8, 4) is 0 Å². The molecule has 0 bridgehead atoms. The molecule has 1 aliphatic heterocycles. The van der Waals surface area contributed by atoms with Crippen molar-refractivity contribution in [1.29, 1.82) is 0 Å². The van der Waals surface area contributed by atoms with Gasteiger partial charge in [-0.15, -0.1) is 10.2 Å². The molecule has 1 atom stereocenters. The second kappa shape index (κ2) is 8.15. The van der Waals surface area contributed by atoms with Gasteiger partial charge in [0, 0.05) is 19.6 Å². The van der Waals surface area contributed by atoms with Crippen molar-refractivity contribution in [3.63, 3.8) is 0 Å². The van der Waals surface area contributed by atoms with Gasteiger partial charge in [0.1, 0.15) is 0 Å². The van der Waals surface area contributed by atoms with Crippen molar-refractivity contribution >= 4 is 34.1 Å². The summed E-state index contributed by atoms with van der Waals surface area (Å²) in [6.45, 7) is 11.2. The average molecular weight is 343 g/mol. The number of carbonyl (C=O) groups is 1. The zero-order chi connectivity index (χ0) is 16.1. The molecule has 1 unspecified atom stereocenters. The summed E-state index contributed by atoms with van der Waals surface area (Å²) < 4.78 is 0.859. The maximum atomic E-state index is 12.5. The molecule has 0 radical (unpaired) electrons. The molecule has 0 aliphatic carbocycles. The number of thioether (sulfide) groups is 1. The number of carbonyl (C=O) groups excluding carboxylic acids is 1. The van der Waals surface area contributed by atoms with E-state index < -0.39 is 0 Å². The van der Waals surface area contributed by atoms with Gasteiger partial charge in [-0.2, -0.15) is 0 Å². The quantitative estimate of drug-likeness (QED) is 0.804. The molecular formula is C15H26N4OS2. The molecule has 124 valence electrons. The number of aromatic nitrogens is 2. The monoisotopic (exact) mass is 342 g/mol. The van der Waals surface area contributed by atoms with Crippen molar-refractivity contribution in [2.45, 2.75) is 50.1 Å². The van der Waals surface area contributed by atoms with Gasteiger partial charge in [0.2, 0.25) is 11.0 Å². The molecule has 0 spiro atoms. The van der Waals surface area contributed by atoms with E-state index in [2.05, 4.69) is 36.3 Å². The Morgan fingerprint density at radius 3 is 2.68 bits per heavy atom. The summed E-state index contributed by atoms with van der Waals surface area (Å²) in [5, 5.41) is 12.3. The lowest BCUT2D eigenvalue weighted by atomic mass is 9.99. The summed E-state index contributed by atoms with van der Waals surface area (Å²) >= 11 is 3.04. The number of piperidine rings is 1. The van der Waals surface area contributed by atoms with Crippen molar-refractivity contribution in [1.82, 2.24) is 15.1 Å². The summed E-state index contributed by atoms with van der Waals surface area (Å²) in [5.41, 5.74) is 0. The van der Waals surface area contributed by atoms with Gasteiger partial charge < -0.3 is 10.2 Å². The first-order valence-electron chi connectivity index (χ1n) is 7.98. The van der Waals surface area contributed by atoms with Crippen LogP contribution in [0.1, 0.15) is 40.5 Å². The Bertz CT molecular complexity index is 484. The smallest absolute Gasteiger partial charge is 0.235 e. The van der Waals surface area contributed by atoms with Crippen LogP contribution in [-0.4, -0.2) is 45.9 Å². The lowest BCUT2D eigenvalue weighted by Gasteiger charge is -2.31. The second-order valence-electron chi connectivity index (χ2n) is 6.42. The van der Waals surface area contributed by atoms with E-state index in [0.717, 1.165) is 47.9 Å². The van der Waals surface area contributed by atoms with Crippen LogP contribution in [0, 0.1) is 11.8 Å². The van der Waals surface area contributed by atoms with Gasteiger partial charge in [0.15, 0.2) is 4.34 Å². The maximum absolute atomic E-state index is 12.5. The third-order valence-corrected chi connectivity index (χ3v) is 5.84. The highest BCUT2D eigenvalue weighted by atomic mass is 32.2. The molecular weight excluding hydrogens is 316 g/mol. The van der Waals surface area contributed by atoms with E-state index in [1.807, 2.05) is 11.8 Å². The fourth-order valence-corrected chi connectivity index (χ4v) is 4.29.